The van der Waals surface area contributed by atoms with E-state index in [0.717, 1.165) is 29.3 Å². The number of nitrogens with zero attached hydrogens (tertiary/aromatic N) is 1. The molecular formula is C16H20N2O2. The van der Waals surface area contributed by atoms with Gasteiger partial charge in [-0.25, -0.2) is 0 Å². The van der Waals surface area contributed by atoms with Gasteiger partial charge in [-0.2, -0.15) is 0 Å². The van der Waals surface area contributed by atoms with Gasteiger partial charge in [-0.1, -0.05) is 11.6 Å². The minimum absolute atomic E-state index is 0.470. The molecule has 1 aromatic heterocycles. The van der Waals surface area contributed by atoms with E-state index in [0.29, 0.717) is 6.61 Å². The number of rotatable bonds is 6. The van der Waals surface area contributed by atoms with Crippen molar-refractivity contribution in [1.29, 1.82) is 0 Å². The van der Waals surface area contributed by atoms with E-state index in [-0.39, 0.29) is 0 Å². The topological polar surface area (TPSA) is 43.4 Å². The Labute approximate surface area is 119 Å². The second kappa shape index (κ2) is 6.91. The third kappa shape index (κ3) is 3.71. The van der Waals surface area contributed by atoms with Crippen LogP contribution in [0.25, 0.3) is 0 Å². The monoisotopic (exact) mass is 272 g/mol. The summed E-state index contributed by atoms with van der Waals surface area (Å²) in [5.41, 5.74) is 3.21. The van der Waals surface area contributed by atoms with Crippen molar-refractivity contribution >= 4 is 0 Å². The SMILES string of the molecule is CNCc1ccc(OCc2cc(C)ccc2OC)cn1. The second-order valence-corrected chi connectivity index (χ2v) is 4.62. The Morgan fingerprint density at radius 3 is 2.70 bits per heavy atom. The number of benzene rings is 1. The van der Waals surface area contributed by atoms with Crippen LogP contribution in [0.15, 0.2) is 36.5 Å². The first kappa shape index (κ1) is 14.3. The molecule has 0 saturated carbocycles. The minimum Gasteiger partial charge on any atom is -0.496 e. The Kier molecular flexibility index (Phi) is 4.96. The first-order chi connectivity index (χ1) is 9.72. The normalized spacial score (nSPS) is 10.3. The van der Waals surface area contributed by atoms with E-state index in [2.05, 4.69) is 23.3 Å². The Balaban J connectivity index is 2.02. The van der Waals surface area contributed by atoms with Crippen molar-refractivity contribution in [3.05, 3.63) is 53.3 Å². The summed E-state index contributed by atoms with van der Waals surface area (Å²) in [5.74, 6) is 1.60. The molecule has 0 aliphatic heterocycles. The van der Waals surface area contributed by atoms with Crippen LogP contribution in [0.3, 0.4) is 0 Å². The van der Waals surface area contributed by atoms with E-state index in [9.17, 15) is 0 Å². The predicted octanol–water partition coefficient (Wildman–Crippen LogP) is 2.70. The summed E-state index contributed by atoms with van der Waals surface area (Å²) in [6, 6.07) is 9.95. The van der Waals surface area contributed by atoms with E-state index in [1.54, 1.807) is 13.3 Å². The Morgan fingerprint density at radius 1 is 1.20 bits per heavy atom. The Hall–Kier alpha value is -2.07. The van der Waals surface area contributed by atoms with Crippen molar-refractivity contribution in [3.63, 3.8) is 0 Å². The first-order valence-electron chi connectivity index (χ1n) is 6.59. The number of methoxy groups -OCH3 is 1. The zero-order chi connectivity index (χ0) is 14.4. The van der Waals surface area contributed by atoms with E-state index < -0.39 is 0 Å². The summed E-state index contributed by atoms with van der Waals surface area (Å²) in [4.78, 5) is 4.32. The van der Waals surface area contributed by atoms with Crippen LogP contribution >= 0.6 is 0 Å². The van der Waals surface area contributed by atoms with Crippen LogP contribution in [0.1, 0.15) is 16.8 Å². The summed E-state index contributed by atoms with van der Waals surface area (Å²) in [6.45, 7) is 3.28. The van der Waals surface area contributed by atoms with Gasteiger partial charge in [0, 0.05) is 12.1 Å². The van der Waals surface area contributed by atoms with Gasteiger partial charge in [0.25, 0.3) is 0 Å². The number of hydrogen-bond acceptors (Lipinski definition) is 4. The number of aromatic nitrogens is 1. The van der Waals surface area contributed by atoms with Gasteiger partial charge in [-0.05, 0) is 38.2 Å². The molecular weight excluding hydrogens is 252 g/mol. The van der Waals surface area contributed by atoms with E-state index >= 15 is 0 Å². The number of nitrogens with one attached hydrogen (secondary N) is 1. The van der Waals surface area contributed by atoms with Gasteiger partial charge in [0.1, 0.15) is 18.1 Å². The summed E-state index contributed by atoms with van der Waals surface area (Å²) >= 11 is 0. The lowest BCUT2D eigenvalue weighted by molar-refractivity contribution is 0.295. The van der Waals surface area contributed by atoms with Gasteiger partial charge < -0.3 is 14.8 Å². The van der Waals surface area contributed by atoms with Crippen molar-refractivity contribution < 1.29 is 9.47 Å². The average molecular weight is 272 g/mol. The highest BCUT2D eigenvalue weighted by molar-refractivity contribution is 5.36. The molecule has 1 aromatic carbocycles. The number of pyridine rings is 1. The van der Waals surface area contributed by atoms with Crippen LogP contribution in [0, 0.1) is 6.92 Å². The van der Waals surface area contributed by atoms with Crippen molar-refractivity contribution in [2.75, 3.05) is 14.2 Å². The molecule has 106 valence electrons. The number of aryl methyl sites for hydroxylation is 1. The molecule has 4 nitrogen and oxygen atoms in total. The summed E-state index contributed by atoms with van der Waals surface area (Å²) in [7, 11) is 3.57. The van der Waals surface area contributed by atoms with Gasteiger partial charge in [0.2, 0.25) is 0 Å². The maximum Gasteiger partial charge on any atom is 0.138 e. The van der Waals surface area contributed by atoms with Crippen molar-refractivity contribution in [3.8, 4) is 11.5 Å². The van der Waals surface area contributed by atoms with Gasteiger partial charge in [-0.15, -0.1) is 0 Å². The highest BCUT2D eigenvalue weighted by Crippen LogP contribution is 2.21. The fourth-order valence-electron chi connectivity index (χ4n) is 1.96. The molecule has 1 N–H and O–H groups in total. The molecule has 0 amide bonds. The number of hydrogen-bond donors (Lipinski definition) is 1. The molecule has 0 spiro atoms. The second-order valence-electron chi connectivity index (χ2n) is 4.62. The molecule has 0 aliphatic carbocycles. The maximum atomic E-state index is 5.76. The molecule has 2 aromatic rings. The first-order valence-corrected chi connectivity index (χ1v) is 6.59. The highest BCUT2D eigenvalue weighted by Gasteiger charge is 2.04. The van der Waals surface area contributed by atoms with Crippen LogP contribution in [-0.2, 0) is 13.2 Å². The van der Waals surface area contributed by atoms with Gasteiger partial charge in [0.05, 0.1) is 19.0 Å². The maximum absolute atomic E-state index is 5.76. The lowest BCUT2D eigenvalue weighted by Crippen LogP contribution is -2.06. The standard InChI is InChI=1S/C16H20N2O2/c1-12-4-7-16(19-3)13(8-12)11-20-15-6-5-14(9-17-2)18-10-15/h4-8,10,17H,9,11H2,1-3H3. The summed E-state index contributed by atoms with van der Waals surface area (Å²) in [6.07, 6.45) is 1.74. The Morgan fingerprint density at radius 2 is 2.05 bits per heavy atom. The molecule has 0 saturated heterocycles. The van der Waals surface area contributed by atoms with Gasteiger partial charge in [-0.3, -0.25) is 4.98 Å². The van der Waals surface area contributed by atoms with Crippen molar-refractivity contribution in [1.82, 2.24) is 10.3 Å². The molecule has 2 rings (SSSR count). The van der Waals surface area contributed by atoms with Crippen LogP contribution in [0.4, 0.5) is 0 Å². The van der Waals surface area contributed by atoms with Crippen molar-refractivity contribution in [2.45, 2.75) is 20.1 Å². The largest absolute Gasteiger partial charge is 0.496 e. The summed E-state index contributed by atoms with van der Waals surface area (Å²) < 4.78 is 11.1. The smallest absolute Gasteiger partial charge is 0.138 e. The third-order valence-corrected chi connectivity index (χ3v) is 2.99. The molecule has 0 unspecified atom stereocenters. The van der Waals surface area contributed by atoms with Crippen LogP contribution < -0.4 is 14.8 Å². The molecule has 0 atom stereocenters. The molecule has 0 aliphatic rings. The van der Waals surface area contributed by atoms with Gasteiger partial charge >= 0.3 is 0 Å². The molecule has 20 heavy (non-hydrogen) atoms. The zero-order valence-corrected chi connectivity index (χ0v) is 12.1. The van der Waals surface area contributed by atoms with E-state index in [1.807, 2.05) is 31.3 Å². The minimum atomic E-state index is 0.470. The Bertz CT molecular complexity index is 553. The molecule has 0 fully saturated rings. The number of ether oxygens (including phenoxy) is 2. The lowest BCUT2D eigenvalue weighted by Gasteiger charge is -2.11. The molecule has 4 heteroatoms. The lowest BCUT2D eigenvalue weighted by atomic mass is 10.1. The van der Waals surface area contributed by atoms with Gasteiger partial charge in [0.15, 0.2) is 0 Å². The van der Waals surface area contributed by atoms with E-state index in [1.165, 1.54) is 5.56 Å². The van der Waals surface area contributed by atoms with E-state index in [4.69, 9.17) is 9.47 Å². The fraction of sp³-hybridized carbons (Fsp3) is 0.312. The van der Waals surface area contributed by atoms with Crippen LogP contribution in [0.5, 0.6) is 11.5 Å². The summed E-state index contributed by atoms with van der Waals surface area (Å²) in [5, 5.41) is 3.06. The van der Waals surface area contributed by atoms with Crippen LogP contribution in [-0.4, -0.2) is 19.1 Å². The molecule has 0 radical (unpaired) electrons. The predicted molar refractivity (Wildman–Crippen MR) is 79.1 cm³/mol. The molecule has 0 bridgehead atoms. The highest BCUT2D eigenvalue weighted by atomic mass is 16.5. The fourth-order valence-corrected chi connectivity index (χ4v) is 1.96. The van der Waals surface area contributed by atoms with Crippen LogP contribution in [0.2, 0.25) is 0 Å². The average Bonchev–Trinajstić information content (AvgIpc) is 2.47. The third-order valence-electron chi connectivity index (χ3n) is 2.99. The molecule has 1 heterocycles. The zero-order valence-electron chi connectivity index (χ0n) is 12.1. The van der Waals surface area contributed by atoms with Crippen molar-refractivity contribution in [2.24, 2.45) is 0 Å². The quantitative estimate of drug-likeness (QED) is 0.878.